The van der Waals surface area contributed by atoms with E-state index in [0.717, 1.165) is 6.42 Å². The van der Waals surface area contributed by atoms with Crippen molar-refractivity contribution in [1.29, 1.82) is 0 Å². The summed E-state index contributed by atoms with van der Waals surface area (Å²) in [7, 11) is 0. The van der Waals surface area contributed by atoms with Gasteiger partial charge in [0.2, 0.25) is 0 Å². The highest BCUT2D eigenvalue weighted by molar-refractivity contribution is 5.48. The minimum Gasteiger partial charge on any atom is -0.0919 e. The Balaban J connectivity index is 0.000000364. The summed E-state index contributed by atoms with van der Waals surface area (Å²) in [4.78, 5) is 0. The number of benzene rings is 1. The van der Waals surface area contributed by atoms with Gasteiger partial charge in [0.05, 0.1) is 0 Å². The molecule has 0 spiro atoms. The Kier molecular flexibility index (Phi) is 8.88. The molecule has 0 heterocycles. The van der Waals surface area contributed by atoms with Gasteiger partial charge in [0.25, 0.3) is 0 Å². The number of rotatable bonds is 2. The first-order chi connectivity index (χ1) is 6.85. The summed E-state index contributed by atoms with van der Waals surface area (Å²) in [5.41, 5.74) is 1.28. The van der Waals surface area contributed by atoms with Gasteiger partial charge in [-0.25, -0.2) is 0 Å². The normalized spacial score (nSPS) is 10.2. The molecule has 0 saturated heterocycles. The summed E-state index contributed by atoms with van der Waals surface area (Å²) in [6, 6.07) is 10.3. The molecule has 0 aromatic heterocycles. The second-order valence-corrected chi connectivity index (χ2v) is 2.89. The first kappa shape index (κ1) is 12.7. The van der Waals surface area contributed by atoms with E-state index in [4.69, 9.17) is 0 Å². The molecular formula is C14H20. The van der Waals surface area contributed by atoms with Crippen LogP contribution in [0.5, 0.6) is 0 Å². The van der Waals surface area contributed by atoms with E-state index >= 15 is 0 Å². The van der Waals surface area contributed by atoms with E-state index in [9.17, 15) is 0 Å². The molecule has 0 amide bonds. The van der Waals surface area contributed by atoms with Crippen molar-refractivity contribution in [2.75, 3.05) is 0 Å². The molecule has 0 saturated carbocycles. The molecule has 0 fully saturated rings. The largest absolute Gasteiger partial charge is 0.0919 e. The van der Waals surface area contributed by atoms with E-state index in [1.54, 1.807) is 0 Å². The van der Waals surface area contributed by atoms with Crippen molar-refractivity contribution in [2.24, 2.45) is 0 Å². The van der Waals surface area contributed by atoms with Crippen LogP contribution in [0.15, 0.2) is 48.6 Å². The highest BCUT2D eigenvalue weighted by Gasteiger charge is 1.78. The lowest BCUT2D eigenvalue weighted by molar-refractivity contribution is 1.23. The third-order valence-corrected chi connectivity index (χ3v) is 1.68. The molecule has 0 bridgehead atoms. The van der Waals surface area contributed by atoms with Gasteiger partial charge in [-0.05, 0) is 25.8 Å². The zero-order chi connectivity index (χ0) is 10.6. The Hall–Kier alpha value is -1.30. The summed E-state index contributed by atoms with van der Waals surface area (Å²) in [5.74, 6) is 0. The van der Waals surface area contributed by atoms with E-state index in [-0.39, 0.29) is 0 Å². The van der Waals surface area contributed by atoms with Crippen LogP contribution >= 0.6 is 0 Å². The average molecular weight is 188 g/mol. The Morgan fingerprint density at radius 3 is 2.00 bits per heavy atom. The minimum absolute atomic E-state index is 1.11. The Morgan fingerprint density at radius 2 is 1.57 bits per heavy atom. The van der Waals surface area contributed by atoms with E-state index in [1.165, 1.54) is 5.56 Å². The maximum absolute atomic E-state index is 2.16. The van der Waals surface area contributed by atoms with Crippen LogP contribution in [-0.4, -0.2) is 0 Å². The maximum Gasteiger partial charge on any atom is -0.0260 e. The molecule has 0 N–H and O–H groups in total. The Bertz CT molecular complexity index is 251. The van der Waals surface area contributed by atoms with Gasteiger partial charge in [0, 0.05) is 0 Å². The predicted molar refractivity (Wildman–Crippen MR) is 66.3 cm³/mol. The second kappa shape index (κ2) is 9.79. The van der Waals surface area contributed by atoms with Gasteiger partial charge in [-0.15, -0.1) is 0 Å². The van der Waals surface area contributed by atoms with Crippen molar-refractivity contribution in [3.8, 4) is 0 Å². The summed E-state index contributed by atoms with van der Waals surface area (Å²) in [5, 5.41) is 0. The van der Waals surface area contributed by atoms with Crippen molar-refractivity contribution in [1.82, 2.24) is 0 Å². The molecule has 0 heteroatoms. The predicted octanol–water partition coefficient (Wildman–Crippen LogP) is 4.69. The molecular weight excluding hydrogens is 168 g/mol. The summed E-state index contributed by atoms with van der Waals surface area (Å²) in [6.45, 7) is 6.14. The van der Waals surface area contributed by atoms with Crippen molar-refractivity contribution in [2.45, 2.75) is 27.2 Å². The zero-order valence-electron chi connectivity index (χ0n) is 9.40. The number of hydrogen-bond acceptors (Lipinski definition) is 0. The highest BCUT2D eigenvalue weighted by atomic mass is 13.8. The van der Waals surface area contributed by atoms with Crippen molar-refractivity contribution in [3.63, 3.8) is 0 Å². The average Bonchev–Trinajstić information content (AvgIpc) is 2.28. The van der Waals surface area contributed by atoms with Gasteiger partial charge in [-0.3, -0.25) is 0 Å². The summed E-state index contributed by atoms with van der Waals surface area (Å²) >= 11 is 0. The fourth-order valence-electron chi connectivity index (χ4n) is 0.818. The van der Waals surface area contributed by atoms with Crippen molar-refractivity contribution in [3.05, 3.63) is 54.1 Å². The van der Waals surface area contributed by atoms with Gasteiger partial charge < -0.3 is 0 Å². The van der Waals surface area contributed by atoms with Gasteiger partial charge in [-0.2, -0.15) is 0 Å². The SMILES string of the molecule is C/C=C/C.CC/C=C/c1ccccc1. The topological polar surface area (TPSA) is 0 Å². The number of allylic oxidation sites excluding steroid dienone is 3. The van der Waals surface area contributed by atoms with Gasteiger partial charge in [0.15, 0.2) is 0 Å². The lowest BCUT2D eigenvalue weighted by Crippen LogP contribution is -1.66. The lowest BCUT2D eigenvalue weighted by Gasteiger charge is -1.88. The van der Waals surface area contributed by atoms with E-state index in [0.29, 0.717) is 0 Å². The smallest absolute Gasteiger partial charge is 0.0260 e. The third kappa shape index (κ3) is 7.35. The number of hydrogen-bond donors (Lipinski definition) is 0. The monoisotopic (exact) mass is 188 g/mol. The van der Waals surface area contributed by atoms with E-state index < -0.39 is 0 Å². The molecule has 1 aromatic rings. The van der Waals surface area contributed by atoms with Crippen LogP contribution in [0.25, 0.3) is 6.08 Å². The first-order valence-corrected chi connectivity index (χ1v) is 5.14. The first-order valence-electron chi connectivity index (χ1n) is 5.14. The van der Waals surface area contributed by atoms with Crippen molar-refractivity contribution < 1.29 is 0 Å². The minimum atomic E-state index is 1.11. The van der Waals surface area contributed by atoms with Crippen LogP contribution in [0.3, 0.4) is 0 Å². The molecule has 76 valence electrons. The second-order valence-electron chi connectivity index (χ2n) is 2.89. The molecule has 0 aliphatic carbocycles. The quantitative estimate of drug-likeness (QED) is 0.590. The molecule has 1 rings (SSSR count). The fourth-order valence-corrected chi connectivity index (χ4v) is 0.818. The van der Waals surface area contributed by atoms with Gasteiger partial charge in [-0.1, -0.05) is 61.6 Å². The van der Waals surface area contributed by atoms with Crippen LogP contribution in [0, 0.1) is 0 Å². The van der Waals surface area contributed by atoms with E-state index in [1.807, 2.05) is 32.1 Å². The van der Waals surface area contributed by atoms with Crippen LogP contribution in [0.2, 0.25) is 0 Å². The van der Waals surface area contributed by atoms with Crippen LogP contribution in [-0.2, 0) is 0 Å². The van der Waals surface area contributed by atoms with Gasteiger partial charge >= 0.3 is 0 Å². The third-order valence-electron chi connectivity index (χ3n) is 1.68. The van der Waals surface area contributed by atoms with E-state index in [2.05, 4.69) is 43.3 Å². The van der Waals surface area contributed by atoms with Crippen LogP contribution in [0.4, 0.5) is 0 Å². The summed E-state index contributed by atoms with van der Waals surface area (Å²) in [6.07, 6.45) is 9.41. The molecule has 14 heavy (non-hydrogen) atoms. The maximum atomic E-state index is 2.16. The Labute approximate surface area is 88.0 Å². The van der Waals surface area contributed by atoms with Crippen LogP contribution in [0.1, 0.15) is 32.8 Å². The summed E-state index contributed by atoms with van der Waals surface area (Å²) < 4.78 is 0. The molecule has 0 radical (unpaired) electrons. The molecule has 0 aliphatic rings. The fraction of sp³-hybridized carbons (Fsp3) is 0.286. The molecule has 0 nitrogen and oxygen atoms in total. The molecule has 0 unspecified atom stereocenters. The van der Waals surface area contributed by atoms with Crippen molar-refractivity contribution >= 4 is 6.08 Å². The molecule has 0 atom stereocenters. The highest BCUT2D eigenvalue weighted by Crippen LogP contribution is 2.00. The van der Waals surface area contributed by atoms with Crippen LogP contribution < -0.4 is 0 Å². The molecule has 0 aliphatic heterocycles. The lowest BCUT2D eigenvalue weighted by atomic mass is 10.2. The Morgan fingerprint density at radius 1 is 1.00 bits per heavy atom. The molecule has 1 aromatic carbocycles. The zero-order valence-corrected chi connectivity index (χ0v) is 9.40. The standard InChI is InChI=1S/C10H12.C4H8/c1-2-3-7-10-8-5-4-6-9-10;1-3-4-2/h3-9H,2H2,1H3;3-4H,1-2H3/b7-3+;4-3+. The van der Waals surface area contributed by atoms with Gasteiger partial charge in [0.1, 0.15) is 0 Å².